The number of aryl methyl sites for hydroxylation is 1. The van der Waals surface area contributed by atoms with Gasteiger partial charge in [-0.2, -0.15) is 13.2 Å². The zero-order valence-electron chi connectivity index (χ0n) is 19.3. The molecule has 2 fully saturated rings. The fourth-order valence-electron chi connectivity index (χ4n) is 4.74. The SMILES string of the molecule is O=C(CCc1nc2ccccc2c(=O)n1C1CC1)Nc1cc(C(F)(F)F)ccc1N1CCCCC1. The highest BCUT2D eigenvalue weighted by molar-refractivity contribution is 5.94. The Morgan fingerprint density at radius 1 is 1.06 bits per heavy atom. The number of carbonyl (C=O) groups is 1. The van der Waals surface area contributed by atoms with Crippen LogP contribution < -0.4 is 15.8 Å². The van der Waals surface area contributed by atoms with E-state index >= 15 is 0 Å². The molecule has 2 heterocycles. The normalized spacial score (nSPS) is 16.5. The van der Waals surface area contributed by atoms with Gasteiger partial charge in [-0.25, -0.2) is 4.98 Å². The molecule has 0 radical (unpaired) electrons. The molecule has 5 rings (SSSR count). The Morgan fingerprint density at radius 2 is 1.80 bits per heavy atom. The van der Waals surface area contributed by atoms with E-state index in [1.165, 1.54) is 6.07 Å². The quantitative estimate of drug-likeness (QED) is 0.515. The van der Waals surface area contributed by atoms with Crippen LogP contribution in [0.2, 0.25) is 0 Å². The molecule has 1 amide bonds. The summed E-state index contributed by atoms with van der Waals surface area (Å²) >= 11 is 0. The maximum atomic E-state index is 13.4. The second-order valence-corrected chi connectivity index (χ2v) is 9.28. The number of para-hydroxylation sites is 1. The molecule has 1 saturated heterocycles. The zero-order chi connectivity index (χ0) is 24.6. The summed E-state index contributed by atoms with van der Waals surface area (Å²) in [4.78, 5) is 32.6. The monoisotopic (exact) mass is 484 g/mol. The molecule has 35 heavy (non-hydrogen) atoms. The predicted octanol–water partition coefficient (Wildman–Crippen LogP) is 5.31. The van der Waals surface area contributed by atoms with Crippen molar-refractivity contribution in [1.82, 2.24) is 9.55 Å². The molecule has 6 nitrogen and oxygen atoms in total. The highest BCUT2D eigenvalue weighted by Crippen LogP contribution is 2.37. The average Bonchev–Trinajstić information content (AvgIpc) is 3.68. The molecular formula is C26H27F3N4O2. The van der Waals surface area contributed by atoms with Gasteiger partial charge in [0.05, 0.1) is 27.8 Å². The lowest BCUT2D eigenvalue weighted by atomic mass is 10.1. The first-order valence-corrected chi connectivity index (χ1v) is 12.1. The van der Waals surface area contributed by atoms with E-state index in [1.54, 1.807) is 22.8 Å². The van der Waals surface area contributed by atoms with Crippen LogP contribution in [0.1, 0.15) is 56.0 Å². The van der Waals surface area contributed by atoms with E-state index in [0.717, 1.165) is 57.3 Å². The summed E-state index contributed by atoms with van der Waals surface area (Å²) in [5.41, 5.74) is 0.434. The van der Waals surface area contributed by atoms with Crippen LogP contribution in [-0.2, 0) is 17.4 Å². The number of anilines is 2. The highest BCUT2D eigenvalue weighted by atomic mass is 19.4. The van der Waals surface area contributed by atoms with Crippen molar-refractivity contribution >= 4 is 28.2 Å². The van der Waals surface area contributed by atoms with Crippen molar-refractivity contribution in [2.24, 2.45) is 0 Å². The summed E-state index contributed by atoms with van der Waals surface area (Å²) in [5, 5.41) is 3.26. The standard InChI is InChI=1S/C26H27F3N4O2/c27-26(28,29)17-8-11-22(32-14-4-1-5-15-32)21(16-17)31-24(34)13-12-23-30-20-7-3-2-6-19(20)25(35)33(23)18-9-10-18/h2-3,6-8,11,16,18H,1,4-5,9-10,12-15H2,(H,31,34). The molecule has 1 saturated carbocycles. The maximum Gasteiger partial charge on any atom is 0.416 e. The van der Waals surface area contributed by atoms with Crippen LogP contribution in [0.15, 0.2) is 47.3 Å². The van der Waals surface area contributed by atoms with Crippen molar-refractivity contribution in [3.63, 3.8) is 0 Å². The van der Waals surface area contributed by atoms with Crippen molar-refractivity contribution in [3.05, 3.63) is 64.2 Å². The largest absolute Gasteiger partial charge is 0.416 e. The molecule has 0 bridgehead atoms. The third kappa shape index (κ3) is 5.04. The summed E-state index contributed by atoms with van der Waals surface area (Å²) in [6.07, 6.45) is 0.510. The van der Waals surface area contributed by atoms with Gasteiger partial charge in [0.2, 0.25) is 5.91 Å². The molecule has 2 aliphatic rings. The van der Waals surface area contributed by atoms with E-state index in [0.29, 0.717) is 22.4 Å². The number of carbonyl (C=O) groups excluding carboxylic acids is 1. The van der Waals surface area contributed by atoms with Gasteiger partial charge in [0, 0.05) is 32.0 Å². The lowest BCUT2D eigenvalue weighted by molar-refractivity contribution is -0.137. The number of hydrogen-bond acceptors (Lipinski definition) is 4. The van der Waals surface area contributed by atoms with E-state index in [4.69, 9.17) is 0 Å². The number of amides is 1. The first-order chi connectivity index (χ1) is 16.8. The number of alkyl halides is 3. The number of nitrogens with one attached hydrogen (secondary N) is 1. The fraction of sp³-hybridized carbons (Fsp3) is 0.423. The van der Waals surface area contributed by atoms with Gasteiger partial charge < -0.3 is 10.2 Å². The number of hydrogen-bond donors (Lipinski definition) is 1. The lowest BCUT2D eigenvalue weighted by Crippen LogP contribution is -2.30. The van der Waals surface area contributed by atoms with Crippen LogP contribution in [0, 0.1) is 0 Å². The summed E-state index contributed by atoms with van der Waals surface area (Å²) in [6.45, 7) is 1.48. The van der Waals surface area contributed by atoms with Crippen LogP contribution in [0.3, 0.4) is 0 Å². The van der Waals surface area contributed by atoms with Crippen molar-refractivity contribution in [3.8, 4) is 0 Å². The third-order valence-corrected chi connectivity index (χ3v) is 6.66. The van der Waals surface area contributed by atoms with Gasteiger partial charge in [0.15, 0.2) is 0 Å². The number of nitrogens with zero attached hydrogens (tertiary/aromatic N) is 3. The zero-order valence-corrected chi connectivity index (χ0v) is 19.3. The number of fused-ring (bicyclic) bond motifs is 1. The molecule has 1 aliphatic carbocycles. The van der Waals surface area contributed by atoms with Crippen LogP contribution in [-0.4, -0.2) is 28.5 Å². The average molecular weight is 485 g/mol. The van der Waals surface area contributed by atoms with Crippen molar-refractivity contribution in [1.29, 1.82) is 0 Å². The van der Waals surface area contributed by atoms with Crippen molar-refractivity contribution in [2.45, 2.75) is 57.2 Å². The first-order valence-electron chi connectivity index (χ1n) is 12.1. The topological polar surface area (TPSA) is 67.2 Å². The smallest absolute Gasteiger partial charge is 0.370 e. The van der Waals surface area contributed by atoms with Gasteiger partial charge in [-0.15, -0.1) is 0 Å². The van der Waals surface area contributed by atoms with E-state index in [1.807, 2.05) is 11.0 Å². The van der Waals surface area contributed by atoms with Gasteiger partial charge >= 0.3 is 6.18 Å². The minimum Gasteiger partial charge on any atom is -0.370 e. The fourth-order valence-corrected chi connectivity index (χ4v) is 4.74. The number of rotatable bonds is 6. The second kappa shape index (κ2) is 9.36. The molecule has 1 aromatic heterocycles. The molecule has 1 aliphatic heterocycles. The third-order valence-electron chi connectivity index (χ3n) is 6.66. The Bertz CT molecular complexity index is 1310. The molecule has 9 heteroatoms. The maximum absolute atomic E-state index is 13.4. The van der Waals surface area contributed by atoms with Crippen LogP contribution in [0.25, 0.3) is 10.9 Å². The Balaban J connectivity index is 1.38. The molecule has 2 aromatic carbocycles. The Kier molecular flexibility index (Phi) is 6.25. The van der Waals surface area contributed by atoms with Crippen molar-refractivity contribution in [2.75, 3.05) is 23.3 Å². The minimum atomic E-state index is -4.50. The van der Waals surface area contributed by atoms with Crippen LogP contribution >= 0.6 is 0 Å². The number of aromatic nitrogens is 2. The van der Waals surface area contributed by atoms with Gasteiger partial charge in [-0.3, -0.25) is 14.2 Å². The summed E-state index contributed by atoms with van der Waals surface area (Å²) in [6, 6.07) is 10.7. The lowest BCUT2D eigenvalue weighted by Gasteiger charge is -2.31. The Morgan fingerprint density at radius 3 is 2.51 bits per heavy atom. The molecule has 3 aromatic rings. The van der Waals surface area contributed by atoms with Gasteiger partial charge in [-0.1, -0.05) is 12.1 Å². The van der Waals surface area contributed by atoms with E-state index in [2.05, 4.69) is 10.3 Å². The number of piperidine rings is 1. The predicted molar refractivity (Wildman–Crippen MR) is 129 cm³/mol. The summed E-state index contributed by atoms with van der Waals surface area (Å²) < 4.78 is 41.8. The van der Waals surface area contributed by atoms with Gasteiger partial charge in [-0.05, 0) is 62.4 Å². The molecule has 184 valence electrons. The van der Waals surface area contributed by atoms with E-state index in [-0.39, 0.29) is 30.1 Å². The second-order valence-electron chi connectivity index (χ2n) is 9.28. The Labute approximate surface area is 200 Å². The van der Waals surface area contributed by atoms with Crippen LogP contribution in [0.4, 0.5) is 24.5 Å². The number of halogens is 3. The number of benzene rings is 2. The Hall–Kier alpha value is -3.36. The summed E-state index contributed by atoms with van der Waals surface area (Å²) in [7, 11) is 0. The highest BCUT2D eigenvalue weighted by Gasteiger charge is 2.32. The van der Waals surface area contributed by atoms with E-state index < -0.39 is 17.6 Å². The van der Waals surface area contributed by atoms with Crippen LogP contribution in [0.5, 0.6) is 0 Å². The van der Waals surface area contributed by atoms with Gasteiger partial charge in [0.25, 0.3) is 5.56 Å². The summed E-state index contributed by atoms with van der Waals surface area (Å²) in [5.74, 6) is 0.124. The molecule has 0 atom stereocenters. The molecule has 0 spiro atoms. The molecule has 0 unspecified atom stereocenters. The van der Waals surface area contributed by atoms with Crippen molar-refractivity contribution < 1.29 is 18.0 Å². The van der Waals surface area contributed by atoms with E-state index in [9.17, 15) is 22.8 Å². The molecular weight excluding hydrogens is 457 g/mol. The molecule has 1 N–H and O–H groups in total. The first kappa shape index (κ1) is 23.4. The van der Waals surface area contributed by atoms with Gasteiger partial charge in [0.1, 0.15) is 5.82 Å². The minimum absolute atomic E-state index is 0.00713.